The SMILES string of the molecule is CCN(CC)S(=O)(=O)c1cc(NC(=O)CSc2nccn2C)ccc1Cl. The third-order valence-electron chi connectivity index (χ3n) is 3.65. The van der Waals surface area contributed by atoms with Gasteiger partial charge in [-0.2, -0.15) is 4.31 Å². The Hall–Kier alpha value is -1.55. The van der Waals surface area contributed by atoms with Crippen molar-refractivity contribution in [3.63, 3.8) is 0 Å². The van der Waals surface area contributed by atoms with Crippen molar-refractivity contribution in [2.45, 2.75) is 23.9 Å². The minimum atomic E-state index is -3.71. The number of aryl methyl sites for hydroxylation is 1. The van der Waals surface area contributed by atoms with Gasteiger partial charge in [0.25, 0.3) is 0 Å². The average Bonchev–Trinajstić information content (AvgIpc) is 3.00. The zero-order chi connectivity index (χ0) is 19.3. The quantitative estimate of drug-likeness (QED) is 0.669. The molecule has 1 N–H and O–H groups in total. The molecule has 0 bridgehead atoms. The molecule has 0 spiro atoms. The first-order chi connectivity index (χ1) is 12.3. The van der Waals surface area contributed by atoms with Crippen LogP contribution in [0.3, 0.4) is 0 Å². The van der Waals surface area contributed by atoms with Crippen molar-refractivity contribution in [2.75, 3.05) is 24.2 Å². The fraction of sp³-hybridized carbons (Fsp3) is 0.375. The highest BCUT2D eigenvalue weighted by Crippen LogP contribution is 2.28. The van der Waals surface area contributed by atoms with Gasteiger partial charge in [0.1, 0.15) is 4.90 Å². The number of carbonyl (C=O) groups excluding carboxylic acids is 1. The van der Waals surface area contributed by atoms with Gasteiger partial charge in [-0.1, -0.05) is 37.2 Å². The summed E-state index contributed by atoms with van der Waals surface area (Å²) in [7, 11) is -1.87. The molecule has 1 aromatic carbocycles. The summed E-state index contributed by atoms with van der Waals surface area (Å²) in [5.74, 6) is -0.0995. The Morgan fingerprint density at radius 1 is 1.35 bits per heavy atom. The third kappa shape index (κ3) is 4.79. The van der Waals surface area contributed by atoms with Crippen LogP contribution in [-0.2, 0) is 21.9 Å². The second-order valence-corrected chi connectivity index (χ2v) is 8.65. The van der Waals surface area contributed by atoms with E-state index in [1.165, 1.54) is 28.2 Å². The normalized spacial score (nSPS) is 11.7. The largest absolute Gasteiger partial charge is 0.329 e. The van der Waals surface area contributed by atoms with E-state index in [4.69, 9.17) is 11.6 Å². The fourth-order valence-corrected chi connectivity index (χ4v) is 4.99. The maximum absolute atomic E-state index is 12.7. The number of hydrogen-bond acceptors (Lipinski definition) is 5. The topological polar surface area (TPSA) is 84.3 Å². The van der Waals surface area contributed by atoms with Crippen LogP contribution >= 0.6 is 23.4 Å². The number of benzene rings is 1. The van der Waals surface area contributed by atoms with Gasteiger partial charge in [-0.05, 0) is 18.2 Å². The lowest BCUT2D eigenvalue weighted by molar-refractivity contribution is -0.113. The van der Waals surface area contributed by atoms with Gasteiger partial charge in [0.2, 0.25) is 15.9 Å². The molecular weight excluding hydrogens is 396 g/mol. The summed E-state index contributed by atoms with van der Waals surface area (Å²) in [6.07, 6.45) is 3.45. The van der Waals surface area contributed by atoms with E-state index < -0.39 is 10.0 Å². The van der Waals surface area contributed by atoms with Gasteiger partial charge in [-0.15, -0.1) is 0 Å². The van der Waals surface area contributed by atoms with Crippen molar-refractivity contribution in [2.24, 2.45) is 7.05 Å². The molecule has 0 saturated carbocycles. The Kier molecular flexibility index (Phi) is 7.10. The number of halogens is 1. The number of thioether (sulfide) groups is 1. The summed E-state index contributed by atoms with van der Waals surface area (Å²) in [5, 5.41) is 3.55. The van der Waals surface area contributed by atoms with Gasteiger partial charge < -0.3 is 9.88 Å². The molecule has 7 nitrogen and oxygen atoms in total. The first kappa shape index (κ1) is 20.8. The number of sulfonamides is 1. The molecule has 0 atom stereocenters. The van der Waals surface area contributed by atoms with Crippen molar-refractivity contribution >= 4 is 45.0 Å². The first-order valence-electron chi connectivity index (χ1n) is 7.99. The zero-order valence-corrected chi connectivity index (χ0v) is 17.2. The third-order valence-corrected chi connectivity index (χ3v) is 7.24. The molecule has 2 aromatic rings. The van der Waals surface area contributed by atoms with Gasteiger partial charge in [0.15, 0.2) is 5.16 Å². The van der Waals surface area contributed by atoms with Crippen LogP contribution in [0.1, 0.15) is 13.8 Å². The average molecular weight is 417 g/mol. The number of carbonyl (C=O) groups is 1. The van der Waals surface area contributed by atoms with E-state index in [1.54, 1.807) is 32.3 Å². The Morgan fingerprint density at radius 3 is 2.62 bits per heavy atom. The summed E-state index contributed by atoms with van der Waals surface area (Å²) in [4.78, 5) is 16.3. The van der Waals surface area contributed by atoms with E-state index in [1.807, 2.05) is 11.6 Å². The van der Waals surface area contributed by atoms with E-state index in [-0.39, 0.29) is 21.6 Å². The highest BCUT2D eigenvalue weighted by molar-refractivity contribution is 7.99. The Bertz CT molecular complexity index is 879. The van der Waals surface area contributed by atoms with Crippen molar-refractivity contribution in [3.8, 4) is 0 Å². The predicted octanol–water partition coefficient (Wildman–Crippen LogP) is 2.83. The van der Waals surface area contributed by atoms with Crippen molar-refractivity contribution < 1.29 is 13.2 Å². The maximum atomic E-state index is 12.7. The minimum absolute atomic E-state index is 0.0163. The molecule has 0 saturated heterocycles. The minimum Gasteiger partial charge on any atom is -0.329 e. The molecule has 1 heterocycles. The number of nitrogens with one attached hydrogen (secondary N) is 1. The number of rotatable bonds is 8. The van der Waals surface area contributed by atoms with Crippen molar-refractivity contribution in [1.29, 1.82) is 0 Å². The van der Waals surface area contributed by atoms with E-state index in [2.05, 4.69) is 10.3 Å². The van der Waals surface area contributed by atoms with Gasteiger partial charge in [0.05, 0.1) is 10.8 Å². The van der Waals surface area contributed by atoms with Crippen LogP contribution in [0.15, 0.2) is 40.6 Å². The molecule has 10 heteroatoms. The maximum Gasteiger partial charge on any atom is 0.244 e. The lowest BCUT2D eigenvalue weighted by Gasteiger charge is -2.19. The van der Waals surface area contributed by atoms with E-state index in [0.717, 1.165) is 5.16 Å². The summed E-state index contributed by atoms with van der Waals surface area (Å²) in [6.45, 7) is 4.20. The molecule has 2 rings (SSSR count). The molecule has 0 aliphatic carbocycles. The summed E-state index contributed by atoms with van der Waals surface area (Å²) >= 11 is 7.38. The lowest BCUT2D eigenvalue weighted by Crippen LogP contribution is -2.31. The number of imidazole rings is 1. The molecule has 0 fully saturated rings. The van der Waals surface area contributed by atoms with Crippen LogP contribution in [0.5, 0.6) is 0 Å². The summed E-state index contributed by atoms with van der Waals surface area (Å²) in [5.41, 5.74) is 0.380. The second kappa shape index (κ2) is 8.90. The van der Waals surface area contributed by atoms with E-state index in [9.17, 15) is 13.2 Å². The second-order valence-electron chi connectivity index (χ2n) is 5.39. The molecule has 0 aliphatic rings. The van der Waals surface area contributed by atoms with Crippen LogP contribution in [0.4, 0.5) is 5.69 Å². The Morgan fingerprint density at radius 2 is 2.04 bits per heavy atom. The fourth-order valence-electron chi connectivity index (χ4n) is 2.30. The van der Waals surface area contributed by atoms with Crippen LogP contribution in [0, 0.1) is 0 Å². The molecule has 0 unspecified atom stereocenters. The van der Waals surface area contributed by atoms with E-state index >= 15 is 0 Å². The molecule has 0 radical (unpaired) electrons. The van der Waals surface area contributed by atoms with Crippen LogP contribution < -0.4 is 5.32 Å². The molecule has 26 heavy (non-hydrogen) atoms. The van der Waals surface area contributed by atoms with Gasteiger partial charge in [0, 0.05) is 38.2 Å². The zero-order valence-electron chi connectivity index (χ0n) is 14.8. The molecule has 0 aliphatic heterocycles. The molecule has 1 amide bonds. The smallest absolute Gasteiger partial charge is 0.244 e. The van der Waals surface area contributed by atoms with Crippen LogP contribution in [0.25, 0.3) is 0 Å². The Labute approximate surface area is 162 Å². The number of nitrogens with zero attached hydrogens (tertiary/aromatic N) is 3. The predicted molar refractivity (Wildman–Crippen MR) is 104 cm³/mol. The summed E-state index contributed by atoms with van der Waals surface area (Å²) < 4.78 is 28.5. The number of amides is 1. The lowest BCUT2D eigenvalue weighted by atomic mass is 10.3. The first-order valence-corrected chi connectivity index (χ1v) is 10.8. The standard InChI is InChI=1S/C16H21ClN4O3S2/c1-4-21(5-2)26(23,24)14-10-12(6-7-13(14)17)19-15(22)11-25-16-18-8-9-20(16)3/h6-10H,4-5,11H2,1-3H3,(H,19,22). The van der Waals surface area contributed by atoms with Gasteiger partial charge in [-0.25, -0.2) is 13.4 Å². The number of aromatic nitrogens is 2. The van der Waals surface area contributed by atoms with Crippen molar-refractivity contribution in [1.82, 2.24) is 13.9 Å². The van der Waals surface area contributed by atoms with Crippen LogP contribution in [-0.4, -0.2) is 47.0 Å². The van der Waals surface area contributed by atoms with Crippen molar-refractivity contribution in [3.05, 3.63) is 35.6 Å². The molecule has 142 valence electrons. The monoisotopic (exact) mass is 416 g/mol. The number of anilines is 1. The molecular formula is C16H21ClN4O3S2. The Balaban J connectivity index is 2.13. The molecule has 1 aromatic heterocycles. The highest BCUT2D eigenvalue weighted by atomic mass is 35.5. The summed E-state index contributed by atoms with van der Waals surface area (Å²) in [6, 6.07) is 4.44. The van der Waals surface area contributed by atoms with Crippen LogP contribution in [0.2, 0.25) is 5.02 Å². The highest BCUT2D eigenvalue weighted by Gasteiger charge is 2.25. The van der Waals surface area contributed by atoms with Gasteiger partial charge >= 0.3 is 0 Å². The van der Waals surface area contributed by atoms with E-state index in [0.29, 0.717) is 18.8 Å². The number of hydrogen-bond donors (Lipinski definition) is 1. The van der Waals surface area contributed by atoms with Gasteiger partial charge in [-0.3, -0.25) is 4.79 Å².